The first-order chi connectivity index (χ1) is 20.1. The monoisotopic (exact) mass is 594 g/mol. The highest BCUT2D eigenvalue weighted by molar-refractivity contribution is 7.67. The third-order valence-electron chi connectivity index (χ3n) is 8.40. The molecule has 8 heteroatoms. The second kappa shape index (κ2) is 13.9. The second-order valence-electron chi connectivity index (χ2n) is 11.8. The van der Waals surface area contributed by atoms with Crippen LogP contribution in [0.25, 0.3) is 0 Å². The summed E-state index contributed by atoms with van der Waals surface area (Å²) in [4.78, 5) is 2.03. The van der Waals surface area contributed by atoms with Crippen molar-refractivity contribution in [3.05, 3.63) is 72.3 Å². The van der Waals surface area contributed by atoms with Crippen molar-refractivity contribution in [1.29, 1.82) is 0 Å². The van der Waals surface area contributed by atoms with Crippen molar-refractivity contribution < 1.29 is 23.3 Å². The van der Waals surface area contributed by atoms with Gasteiger partial charge in [-0.25, -0.2) is 0 Å². The summed E-state index contributed by atoms with van der Waals surface area (Å²) in [6.07, 6.45) is 2.94. The Morgan fingerprint density at radius 3 is 2.02 bits per heavy atom. The molecule has 0 spiro atoms. The van der Waals surface area contributed by atoms with Crippen molar-refractivity contribution in [2.75, 3.05) is 45.6 Å². The highest BCUT2D eigenvalue weighted by Crippen LogP contribution is 2.62. The summed E-state index contributed by atoms with van der Waals surface area (Å²) in [6, 6.07) is 21.5. The summed E-state index contributed by atoms with van der Waals surface area (Å²) in [6.45, 7) is 6.75. The van der Waals surface area contributed by atoms with E-state index in [1.165, 1.54) is 0 Å². The van der Waals surface area contributed by atoms with Crippen LogP contribution in [-0.4, -0.2) is 41.5 Å². The Labute approximate surface area is 252 Å². The molecule has 1 aliphatic carbocycles. The maximum Gasteiger partial charge on any atom is 0.258 e. The van der Waals surface area contributed by atoms with E-state index >= 15 is 4.57 Å². The fraction of sp³-hybridized carbons (Fsp3) is 0.471. The Kier molecular flexibility index (Phi) is 10.5. The smallest absolute Gasteiger partial charge is 0.258 e. The molecule has 0 aliphatic heterocycles. The van der Waals surface area contributed by atoms with Crippen molar-refractivity contribution in [3.8, 4) is 17.2 Å². The standard InChI is InChI=1S/C34H47N2O5P/c1-23(2)29-19-14-24(3)20-30(29)41-42(37,28-17-15-27(16-18-28)36(4)5)34(35-26-12-10-9-11-13-26)25-21-31(38-6)33(40-8)32(22-25)39-7/h9-13,15-18,21-24,29-30,34-35H,14,19-20H2,1-8H3/t24-,29-,30-,34+,42+/m1/s1. The topological polar surface area (TPSA) is 69.3 Å². The minimum absolute atomic E-state index is 0.143. The van der Waals surface area contributed by atoms with Crippen LogP contribution in [0.4, 0.5) is 11.4 Å². The number of hydrogen-bond donors (Lipinski definition) is 1. The van der Waals surface area contributed by atoms with Gasteiger partial charge in [-0.05, 0) is 84.7 Å². The molecule has 0 unspecified atom stereocenters. The highest BCUT2D eigenvalue weighted by atomic mass is 31.2. The molecular weight excluding hydrogens is 547 g/mol. The molecule has 0 heterocycles. The van der Waals surface area contributed by atoms with Crippen molar-refractivity contribution in [2.45, 2.75) is 51.9 Å². The summed E-state index contributed by atoms with van der Waals surface area (Å²) in [5.41, 5.74) is 2.58. The molecule has 0 radical (unpaired) electrons. The van der Waals surface area contributed by atoms with Crippen LogP contribution in [0.3, 0.4) is 0 Å². The molecule has 1 fully saturated rings. The molecule has 5 atom stereocenters. The van der Waals surface area contributed by atoms with E-state index in [0.717, 1.165) is 36.2 Å². The first-order valence-corrected chi connectivity index (χ1v) is 16.5. The average Bonchev–Trinajstić information content (AvgIpc) is 2.99. The van der Waals surface area contributed by atoms with Gasteiger partial charge in [0.25, 0.3) is 7.37 Å². The van der Waals surface area contributed by atoms with E-state index in [-0.39, 0.29) is 6.10 Å². The minimum Gasteiger partial charge on any atom is -0.493 e. The minimum atomic E-state index is -3.66. The maximum atomic E-state index is 15.9. The molecule has 1 aliphatic rings. The van der Waals surface area contributed by atoms with E-state index in [1.807, 2.05) is 85.7 Å². The van der Waals surface area contributed by atoms with Crippen LogP contribution in [0.1, 0.15) is 51.4 Å². The predicted octanol–water partition coefficient (Wildman–Crippen LogP) is 7.97. The first kappa shape index (κ1) is 31.8. The van der Waals surface area contributed by atoms with Crippen molar-refractivity contribution in [2.24, 2.45) is 17.8 Å². The molecule has 1 N–H and O–H groups in total. The van der Waals surface area contributed by atoms with Gasteiger partial charge in [-0.2, -0.15) is 0 Å². The third kappa shape index (κ3) is 6.90. The van der Waals surface area contributed by atoms with Gasteiger partial charge in [0.2, 0.25) is 5.75 Å². The van der Waals surface area contributed by atoms with Crippen LogP contribution in [0.5, 0.6) is 17.2 Å². The van der Waals surface area contributed by atoms with Gasteiger partial charge < -0.3 is 29.0 Å². The Balaban J connectivity index is 1.95. The Morgan fingerprint density at radius 2 is 1.50 bits per heavy atom. The van der Waals surface area contributed by atoms with Crippen LogP contribution in [0.15, 0.2) is 66.7 Å². The highest BCUT2D eigenvalue weighted by Gasteiger charge is 2.44. The lowest BCUT2D eigenvalue weighted by Gasteiger charge is -2.41. The first-order valence-electron chi connectivity index (χ1n) is 14.8. The number of benzene rings is 3. The fourth-order valence-electron chi connectivity index (χ4n) is 5.98. The van der Waals surface area contributed by atoms with E-state index in [2.05, 4.69) is 26.1 Å². The fourth-order valence-corrected chi connectivity index (χ4v) is 8.59. The molecule has 7 nitrogen and oxygen atoms in total. The van der Waals surface area contributed by atoms with Crippen LogP contribution < -0.4 is 29.7 Å². The number of rotatable bonds is 12. The molecule has 1 saturated carbocycles. The van der Waals surface area contributed by atoms with E-state index in [1.54, 1.807) is 21.3 Å². The van der Waals surface area contributed by atoms with Crippen LogP contribution in [-0.2, 0) is 9.09 Å². The summed E-state index contributed by atoms with van der Waals surface area (Å²) in [7, 11) is 5.10. The Bertz CT molecular complexity index is 1320. The SMILES string of the molecule is COc1cc([C@@H](Nc2ccccc2)[P@@](=O)(O[C@@H]2C[C@H](C)CC[C@@H]2C(C)C)c2ccc(N(C)C)cc2)cc(OC)c1OC. The van der Waals surface area contributed by atoms with Gasteiger partial charge in [0.15, 0.2) is 11.5 Å². The van der Waals surface area contributed by atoms with Gasteiger partial charge >= 0.3 is 0 Å². The zero-order valence-corrected chi connectivity index (χ0v) is 27.2. The predicted molar refractivity (Wildman–Crippen MR) is 173 cm³/mol. The molecule has 3 aromatic rings. The second-order valence-corrected chi connectivity index (χ2v) is 14.3. The lowest BCUT2D eigenvalue weighted by atomic mass is 9.75. The normalized spacial score (nSPS) is 20.8. The van der Waals surface area contributed by atoms with E-state index < -0.39 is 13.2 Å². The summed E-state index contributed by atoms with van der Waals surface area (Å²) < 4.78 is 40.0. The largest absolute Gasteiger partial charge is 0.493 e. The molecule has 0 saturated heterocycles. The summed E-state index contributed by atoms with van der Waals surface area (Å²) >= 11 is 0. The number of nitrogens with zero attached hydrogens (tertiary/aromatic N) is 1. The lowest BCUT2D eigenvalue weighted by Crippen LogP contribution is -2.35. The number of hydrogen-bond acceptors (Lipinski definition) is 7. The number of methoxy groups -OCH3 is 3. The van der Waals surface area contributed by atoms with Crippen molar-refractivity contribution in [3.63, 3.8) is 0 Å². The van der Waals surface area contributed by atoms with Crippen LogP contribution in [0.2, 0.25) is 0 Å². The molecule has 42 heavy (non-hydrogen) atoms. The van der Waals surface area contributed by atoms with Gasteiger partial charge in [0.05, 0.1) is 27.4 Å². The van der Waals surface area contributed by atoms with Gasteiger partial charge in [-0.1, -0.05) is 45.4 Å². The zero-order valence-electron chi connectivity index (χ0n) is 26.3. The molecule has 4 rings (SSSR count). The van der Waals surface area contributed by atoms with E-state index in [9.17, 15) is 0 Å². The number of anilines is 2. The van der Waals surface area contributed by atoms with Gasteiger partial charge in [0, 0.05) is 30.8 Å². The molecule has 0 amide bonds. The Hall–Kier alpha value is -3.15. The quantitative estimate of drug-likeness (QED) is 0.213. The number of para-hydroxylation sites is 1. The molecule has 228 valence electrons. The third-order valence-corrected chi connectivity index (χ3v) is 11.1. The molecular formula is C34H47N2O5P. The molecule has 0 aromatic heterocycles. The average molecular weight is 595 g/mol. The van der Waals surface area contributed by atoms with Crippen LogP contribution in [0, 0.1) is 17.8 Å². The maximum absolute atomic E-state index is 15.9. The number of nitrogens with one attached hydrogen (secondary N) is 1. The Morgan fingerprint density at radius 1 is 0.881 bits per heavy atom. The number of ether oxygens (including phenoxy) is 3. The van der Waals surface area contributed by atoms with Gasteiger partial charge in [-0.3, -0.25) is 4.57 Å². The molecule has 0 bridgehead atoms. The lowest BCUT2D eigenvalue weighted by molar-refractivity contribution is 0.0488. The summed E-state index contributed by atoms with van der Waals surface area (Å²) in [5.74, 6) is 1.95. The molecule has 3 aromatic carbocycles. The van der Waals surface area contributed by atoms with Crippen LogP contribution >= 0.6 is 7.37 Å². The van der Waals surface area contributed by atoms with Crippen molar-refractivity contribution >= 4 is 24.0 Å². The van der Waals surface area contributed by atoms with Gasteiger partial charge in [-0.15, -0.1) is 0 Å². The van der Waals surface area contributed by atoms with E-state index in [0.29, 0.717) is 40.3 Å². The zero-order chi connectivity index (χ0) is 30.4. The van der Waals surface area contributed by atoms with Crippen molar-refractivity contribution in [1.82, 2.24) is 0 Å². The summed E-state index contributed by atoms with van der Waals surface area (Å²) in [5, 5.41) is 4.27. The van der Waals surface area contributed by atoms with E-state index in [4.69, 9.17) is 18.7 Å². The van der Waals surface area contributed by atoms with Gasteiger partial charge in [0.1, 0.15) is 5.78 Å².